The van der Waals surface area contributed by atoms with E-state index in [9.17, 15) is 9.59 Å². The molecule has 0 aromatic heterocycles. The van der Waals surface area contributed by atoms with Crippen molar-refractivity contribution in [3.63, 3.8) is 0 Å². The van der Waals surface area contributed by atoms with Gasteiger partial charge in [0.1, 0.15) is 0 Å². The second-order valence-electron chi connectivity index (χ2n) is 8.98. The molecule has 5 rings (SSSR count). The maximum absolute atomic E-state index is 12.5. The minimum absolute atomic E-state index is 0.0570. The van der Waals surface area contributed by atoms with Crippen molar-refractivity contribution in [3.05, 3.63) is 28.8 Å². The average Bonchev–Trinajstić information content (AvgIpc) is 2.53. The molecule has 4 aliphatic carbocycles. The molecule has 1 aromatic rings. The number of halogens is 2. The largest absolute Gasteiger partial charge is 0.456 e. The summed E-state index contributed by atoms with van der Waals surface area (Å²) in [6, 6.07) is 5.41. The van der Waals surface area contributed by atoms with Crippen molar-refractivity contribution >= 4 is 45.1 Å². The van der Waals surface area contributed by atoms with Crippen molar-refractivity contribution in [2.75, 3.05) is 11.9 Å². The van der Waals surface area contributed by atoms with Crippen molar-refractivity contribution < 1.29 is 14.3 Å². The van der Waals surface area contributed by atoms with E-state index in [1.165, 1.54) is 19.3 Å². The summed E-state index contributed by atoms with van der Waals surface area (Å²) in [5.74, 6) is 0.825. The molecule has 2 unspecified atom stereocenters. The molecule has 1 aromatic carbocycles. The van der Waals surface area contributed by atoms with Crippen LogP contribution in [0.5, 0.6) is 0 Å². The number of rotatable bonds is 5. The summed E-state index contributed by atoms with van der Waals surface area (Å²) in [7, 11) is 0. The summed E-state index contributed by atoms with van der Waals surface area (Å²) in [5.41, 5.74) is 1.61. The highest BCUT2D eigenvalue weighted by Gasteiger charge is 2.57. The number of nitrogens with one attached hydrogen (secondary N) is 1. The SMILES string of the molecule is Cc1ccc(NC(=O)COC(=O)CC23C[C@@H]4C[C@@H](CC(Br)(C4)C2)C3)c(Cl)c1. The molecule has 0 saturated heterocycles. The third kappa shape index (κ3) is 4.19. The molecule has 4 aliphatic rings. The van der Waals surface area contributed by atoms with Gasteiger partial charge in [-0.3, -0.25) is 9.59 Å². The maximum Gasteiger partial charge on any atom is 0.306 e. The molecule has 0 radical (unpaired) electrons. The summed E-state index contributed by atoms with van der Waals surface area (Å²) < 4.78 is 5.52. The van der Waals surface area contributed by atoms with Gasteiger partial charge in [-0.05, 0) is 80.4 Å². The highest BCUT2D eigenvalue weighted by Crippen LogP contribution is 2.65. The Labute approximate surface area is 173 Å². The Bertz CT molecular complexity index is 767. The van der Waals surface area contributed by atoms with Gasteiger partial charge in [0.05, 0.1) is 17.1 Å². The number of aryl methyl sites for hydroxylation is 1. The minimum atomic E-state index is -0.364. The Hall–Kier alpha value is -1.07. The lowest BCUT2D eigenvalue weighted by Crippen LogP contribution is -2.53. The molecule has 4 atom stereocenters. The van der Waals surface area contributed by atoms with Gasteiger partial charge in [0.15, 0.2) is 6.61 Å². The first-order chi connectivity index (χ1) is 12.7. The maximum atomic E-state index is 12.5. The van der Waals surface area contributed by atoms with Gasteiger partial charge >= 0.3 is 5.97 Å². The quantitative estimate of drug-likeness (QED) is 0.488. The third-order valence-corrected chi connectivity index (χ3v) is 7.63. The van der Waals surface area contributed by atoms with Gasteiger partial charge in [0, 0.05) is 4.32 Å². The van der Waals surface area contributed by atoms with E-state index < -0.39 is 0 Å². The molecule has 4 nitrogen and oxygen atoms in total. The Morgan fingerprint density at radius 1 is 1.26 bits per heavy atom. The van der Waals surface area contributed by atoms with Crippen molar-refractivity contribution in [1.82, 2.24) is 0 Å². The summed E-state index contributed by atoms with van der Waals surface area (Å²) in [6.07, 6.45) is 7.50. The first kappa shape index (κ1) is 19.3. The van der Waals surface area contributed by atoms with Crippen LogP contribution in [0.15, 0.2) is 18.2 Å². The Kier molecular flexibility index (Phi) is 5.04. The number of anilines is 1. The molecular weight excluding hydrogens is 430 g/mol. The molecule has 1 N–H and O–H groups in total. The molecule has 0 spiro atoms. The molecule has 4 bridgehead atoms. The number of amides is 1. The van der Waals surface area contributed by atoms with E-state index in [0.29, 0.717) is 17.1 Å². The van der Waals surface area contributed by atoms with Crippen LogP contribution in [0.3, 0.4) is 0 Å². The molecule has 0 aliphatic heterocycles. The molecule has 4 saturated carbocycles. The summed E-state index contributed by atoms with van der Waals surface area (Å²) in [6.45, 7) is 1.66. The summed E-state index contributed by atoms with van der Waals surface area (Å²) in [4.78, 5) is 24.6. The standard InChI is InChI=1S/C21H25BrClNO3/c1-13-2-3-17(16(23)4-13)24-18(25)11-27-19(26)10-20-6-14-5-15(7-20)9-21(22,8-14)12-20/h2-4,14-15H,5-12H2,1H3,(H,24,25)/t14-,15+,20?,21?. The van der Waals surface area contributed by atoms with E-state index in [1.54, 1.807) is 12.1 Å². The van der Waals surface area contributed by atoms with Gasteiger partial charge in [-0.1, -0.05) is 33.6 Å². The number of hydrogen-bond acceptors (Lipinski definition) is 3. The monoisotopic (exact) mass is 453 g/mol. The highest BCUT2D eigenvalue weighted by atomic mass is 79.9. The lowest BCUT2D eigenvalue weighted by Gasteiger charge is -2.60. The average molecular weight is 455 g/mol. The van der Waals surface area contributed by atoms with Crippen LogP contribution in [0.4, 0.5) is 5.69 Å². The summed E-state index contributed by atoms with van der Waals surface area (Å²) in [5, 5.41) is 3.18. The lowest BCUT2D eigenvalue weighted by molar-refractivity contribution is -0.153. The van der Waals surface area contributed by atoms with E-state index in [2.05, 4.69) is 21.2 Å². The van der Waals surface area contributed by atoms with Gasteiger partial charge in [0.2, 0.25) is 0 Å². The fourth-order valence-electron chi connectivity index (χ4n) is 5.95. The number of ether oxygens (including phenoxy) is 1. The van der Waals surface area contributed by atoms with Crippen LogP contribution in [-0.2, 0) is 14.3 Å². The molecule has 6 heteroatoms. The van der Waals surface area contributed by atoms with Crippen molar-refractivity contribution in [3.8, 4) is 0 Å². The topological polar surface area (TPSA) is 55.4 Å². The zero-order chi connectivity index (χ0) is 19.2. The fourth-order valence-corrected chi connectivity index (χ4v) is 7.75. The van der Waals surface area contributed by atoms with E-state index in [0.717, 1.165) is 36.7 Å². The van der Waals surface area contributed by atoms with Crippen molar-refractivity contribution in [2.24, 2.45) is 17.3 Å². The van der Waals surface area contributed by atoms with Gasteiger partial charge in [-0.15, -0.1) is 0 Å². The van der Waals surface area contributed by atoms with Crippen molar-refractivity contribution in [1.29, 1.82) is 0 Å². The second-order valence-corrected chi connectivity index (χ2v) is 11.1. The van der Waals surface area contributed by atoms with E-state index in [-0.39, 0.29) is 28.2 Å². The minimum Gasteiger partial charge on any atom is -0.456 e. The van der Waals surface area contributed by atoms with Crippen LogP contribution in [0.2, 0.25) is 5.02 Å². The number of esters is 1. The van der Waals surface area contributed by atoms with Gasteiger partial charge in [-0.2, -0.15) is 0 Å². The zero-order valence-corrected chi connectivity index (χ0v) is 17.9. The number of hydrogen-bond donors (Lipinski definition) is 1. The smallest absolute Gasteiger partial charge is 0.306 e. The number of carbonyl (C=O) groups is 2. The van der Waals surface area contributed by atoms with E-state index in [4.69, 9.17) is 16.3 Å². The molecule has 1 amide bonds. The van der Waals surface area contributed by atoms with E-state index >= 15 is 0 Å². The predicted octanol–water partition coefficient (Wildman–Crippen LogP) is 5.25. The van der Waals surface area contributed by atoms with Gasteiger partial charge in [0.25, 0.3) is 5.91 Å². The first-order valence-corrected chi connectivity index (χ1v) is 10.8. The lowest BCUT2D eigenvalue weighted by atomic mass is 9.49. The van der Waals surface area contributed by atoms with Gasteiger partial charge < -0.3 is 10.1 Å². The van der Waals surface area contributed by atoms with Crippen LogP contribution in [0.1, 0.15) is 50.5 Å². The predicted molar refractivity (Wildman–Crippen MR) is 109 cm³/mol. The van der Waals surface area contributed by atoms with Crippen LogP contribution in [-0.4, -0.2) is 22.8 Å². The Morgan fingerprint density at radius 3 is 2.59 bits per heavy atom. The van der Waals surface area contributed by atoms with Crippen molar-refractivity contribution in [2.45, 2.75) is 56.2 Å². The molecular formula is C21H25BrClNO3. The summed E-state index contributed by atoms with van der Waals surface area (Å²) >= 11 is 10.1. The molecule has 27 heavy (non-hydrogen) atoms. The first-order valence-electron chi connectivity index (χ1n) is 9.65. The number of carbonyl (C=O) groups excluding carboxylic acids is 2. The van der Waals surface area contributed by atoms with Crippen LogP contribution in [0.25, 0.3) is 0 Å². The van der Waals surface area contributed by atoms with Crippen LogP contribution < -0.4 is 5.32 Å². The Balaban J connectivity index is 1.30. The molecule has 0 heterocycles. The molecule has 4 fully saturated rings. The zero-order valence-electron chi connectivity index (χ0n) is 15.5. The van der Waals surface area contributed by atoms with E-state index in [1.807, 2.05) is 13.0 Å². The molecule has 146 valence electrons. The third-order valence-electron chi connectivity index (χ3n) is 6.39. The normalized spacial score (nSPS) is 33.7. The number of benzene rings is 1. The second kappa shape index (κ2) is 7.07. The van der Waals surface area contributed by atoms with Crippen LogP contribution >= 0.6 is 27.5 Å². The number of alkyl halides is 1. The Morgan fingerprint density at radius 2 is 1.96 bits per heavy atom. The van der Waals surface area contributed by atoms with Gasteiger partial charge in [-0.25, -0.2) is 0 Å². The fraction of sp³-hybridized carbons (Fsp3) is 0.619. The van der Waals surface area contributed by atoms with Crippen LogP contribution in [0, 0.1) is 24.2 Å². The highest BCUT2D eigenvalue weighted by molar-refractivity contribution is 9.10.